The Morgan fingerprint density at radius 1 is 1.17 bits per heavy atom. The van der Waals surface area contributed by atoms with Crippen LogP contribution in [-0.4, -0.2) is 14.5 Å². The summed E-state index contributed by atoms with van der Waals surface area (Å²) >= 11 is 0. The number of hydrogen-bond donors (Lipinski definition) is 2. The summed E-state index contributed by atoms with van der Waals surface area (Å²) in [7, 11) is 1.78. The Kier molecular flexibility index (Phi) is 2.26. The van der Waals surface area contributed by atoms with Crippen LogP contribution in [0.3, 0.4) is 0 Å². The number of hydrogen-bond acceptors (Lipinski definition) is 5. The average molecular weight is 245 g/mol. The summed E-state index contributed by atoms with van der Waals surface area (Å²) in [5, 5.41) is 0.396. The molecule has 6 nitrogen and oxygen atoms in total. The van der Waals surface area contributed by atoms with Crippen molar-refractivity contribution in [1.29, 1.82) is 0 Å². The van der Waals surface area contributed by atoms with Crippen LogP contribution in [0.25, 0.3) is 10.9 Å². The zero-order valence-corrected chi connectivity index (χ0v) is 10.2. The first-order valence-electron chi connectivity index (χ1n) is 6.03. The molecule has 0 aliphatic heterocycles. The summed E-state index contributed by atoms with van der Waals surface area (Å²) in [6.07, 6.45) is 4.02. The Labute approximate surface area is 104 Å². The second kappa shape index (κ2) is 3.69. The lowest BCUT2D eigenvalue weighted by Gasteiger charge is -2.20. The molecule has 2 heterocycles. The highest BCUT2D eigenvalue weighted by atomic mass is 16.1. The molecule has 0 atom stereocenters. The fraction of sp³-hybridized carbons (Fsp3) is 0.417. The smallest absolute Gasteiger partial charge is 0.263 e. The molecule has 0 saturated carbocycles. The molecule has 1 aliphatic rings. The van der Waals surface area contributed by atoms with Gasteiger partial charge in [0.15, 0.2) is 0 Å². The van der Waals surface area contributed by atoms with Crippen LogP contribution in [0.2, 0.25) is 0 Å². The van der Waals surface area contributed by atoms with Gasteiger partial charge in [-0.25, -0.2) is 4.98 Å². The third kappa shape index (κ3) is 1.38. The van der Waals surface area contributed by atoms with Crippen LogP contribution in [-0.2, 0) is 19.9 Å². The number of nitrogens with zero attached hydrogens (tertiary/aromatic N) is 3. The Morgan fingerprint density at radius 3 is 2.67 bits per heavy atom. The summed E-state index contributed by atoms with van der Waals surface area (Å²) in [6, 6.07) is 0. The highest BCUT2D eigenvalue weighted by Gasteiger charge is 2.21. The lowest BCUT2D eigenvalue weighted by Crippen LogP contribution is -2.26. The van der Waals surface area contributed by atoms with E-state index in [2.05, 4.69) is 9.97 Å². The number of nitrogens with two attached hydrogens (primary N) is 2. The van der Waals surface area contributed by atoms with Gasteiger partial charge in [-0.15, -0.1) is 0 Å². The van der Waals surface area contributed by atoms with E-state index in [1.807, 2.05) is 0 Å². The number of fused-ring (bicyclic) bond motifs is 3. The molecule has 0 saturated heterocycles. The predicted molar refractivity (Wildman–Crippen MR) is 70.2 cm³/mol. The van der Waals surface area contributed by atoms with Crippen LogP contribution in [0.15, 0.2) is 4.79 Å². The molecule has 2 aromatic heterocycles. The Morgan fingerprint density at radius 2 is 1.89 bits per heavy atom. The minimum absolute atomic E-state index is 0.126. The number of pyridine rings is 1. The second-order valence-corrected chi connectivity index (χ2v) is 4.69. The van der Waals surface area contributed by atoms with Crippen molar-refractivity contribution in [3.8, 4) is 0 Å². The number of aryl methyl sites for hydroxylation is 1. The van der Waals surface area contributed by atoms with E-state index >= 15 is 0 Å². The first kappa shape index (κ1) is 11.0. The maximum absolute atomic E-state index is 12.3. The van der Waals surface area contributed by atoms with Crippen molar-refractivity contribution >= 4 is 22.7 Å². The van der Waals surface area contributed by atoms with Gasteiger partial charge >= 0.3 is 0 Å². The highest BCUT2D eigenvalue weighted by molar-refractivity contribution is 5.91. The predicted octanol–water partition coefficient (Wildman–Crippen LogP) is 0.372. The van der Waals surface area contributed by atoms with Gasteiger partial charge < -0.3 is 16.0 Å². The second-order valence-electron chi connectivity index (χ2n) is 4.69. The molecular formula is C12H15N5O. The van der Waals surface area contributed by atoms with Crippen LogP contribution < -0.4 is 17.0 Å². The zero-order valence-electron chi connectivity index (χ0n) is 10.2. The summed E-state index contributed by atoms with van der Waals surface area (Å²) < 4.78 is 1.67. The van der Waals surface area contributed by atoms with E-state index in [9.17, 15) is 4.79 Å². The average Bonchev–Trinajstić information content (AvgIpc) is 2.35. The van der Waals surface area contributed by atoms with E-state index in [0.717, 1.165) is 36.9 Å². The molecule has 0 bridgehead atoms. The van der Waals surface area contributed by atoms with Gasteiger partial charge in [0.25, 0.3) is 5.56 Å². The normalized spacial score (nSPS) is 14.7. The number of rotatable bonds is 0. The molecule has 0 fully saturated rings. The van der Waals surface area contributed by atoms with Gasteiger partial charge in [0.2, 0.25) is 5.95 Å². The first-order valence-corrected chi connectivity index (χ1v) is 6.03. The van der Waals surface area contributed by atoms with Crippen LogP contribution in [0.5, 0.6) is 0 Å². The van der Waals surface area contributed by atoms with E-state index in [-0.39, 0.29) is 17.3 Å². The van der Waals surface area contributed by atoms with E-state index in [1.165, 1.54) is 0 Å². The lowest BCUT2D eigenvalue weighted by molar-refractivity contribution is 0.629. The quantitative estimate of drug-likeness (QED) is 0.698. The van der Waals surface area contributed by atoms with E-state index < -0.39 is 0 Å². The molecule has 6 heteroatoms. The minimum Gasteiger partial charge on any atom is -0.383 e. The van der Waals surface area contributed by atoms with Gasteiger partial charge in [0.05, 0.1) is 5.52 Å². The first-order chi connectivity index (χ1) is 8.59. The van der Waals surface area contributed by atoms with Gasteiger partial charge in [-0.2, -0.15) is 4.98 Å². The van der Waals surface area contributed by atoms with Gasteiger partial charge in [-0.05, 0) is 31.2 Å². The monoisotopic (exact) mass is 245 g/mol. The molecule has 4 N–H and O–H groups in total. The molecule has 1 aliphatic carbocycles. The molecular weight excluding hydrogens is 230 g/mol. The van der Waals surface area contributed by atoms with E-state index in [0.29, 0.717) is 10.9 Å². The molecule has 0 radical (unpaired) electrons. The summed E-state index contributed by atoms with van der Waals surface area (Å²) in [6.45, 7) is 0. The Balaban J connectivity index is 2.54. The number of nitrogen functional groups attached to an aromatic ring is 2. The minimum atomic E-state index is -0.136. The lowest BCUT2D eigenvalue weighted by atomic mass is 9.94. The summed E-state index contributed by atoms with van der Waals surface area (Å²) in [5.74, 6) is 0.299. The van der Waals surface area contributed by atoms with Crippen molar-refractivity contribution in [3.05, 3.63) is 21.6 Å². The van der Waals surface area contributed by atoms with Crippen molar-refractivity contribution in [2.75, 3.05) is 11.5 Å². The number of aromatic nitrogens is 3. The van der Waals surface area contributed by atoms with Crippen LogP contribution in [0.4, 0.5) is 11.8 Å². The molecule has 94 valence electrons. The largest absolute Gasteiger partial charge is 0.383 e. The van der Waals surface area contributed by atoms with E-state index in [4.69, 9.17) is 11.5 Å². The molecule has 0 unspecified atom stereocenters. The molecule has 0 aromatic carbocycles. The van der Waals surface area contributed by atoms with Crippen LogP contribution in [0.1, 0.15) is 24.1 Å². The van der Waals surface area contributed by atoms with Gasteiger partial charge in [0.1, 0.15) is 11.2 Å². The maximum atomic E-state index is 12.3. The van der Waals surface area contributed by atoms with Crippen molar-refractivity contribution in [2.24, 2.45) is 7.05 Å². The standard InChI is InChI=1S/C12H15N5O/c1-17-7-5-3-2-4-6(7)9-8(11(17)18)10(13)16-12(14)15-9/h2-5H2,1H3,(H4,13,14,15,16). The third-order valence-electron chi connectivity index (χ3n) is 3.60. The van der Waals surface area contributed by atoms with Gasteiger partial charge in [-0.3, -0.25) is 4.79 Å². The summed E-state index contributed by atoms with van der Waals surface area (Å²) in [5.41, 5.74) is 14.1. The molecule has 2 aromatic rings. The van der Waals surface area contributed by atoms with Crippen LogP contribution >= 0.6 is 0 Å². The Bertz CT molecular complexity index is 704. The molecule has 18 heavy (non-hydrogen) atoms. The third-order valence-corrected chi connectivity index (χ3v) is 3.60. The van der Waals surface area contributed by atoms with Gasteiger partial charge in [-0.1, -0.05) is 0 Å². The van der Waals surface area contributed by atoms with Crippen LogP contribution in [0, 0.1) is 0 Å². The van der Waals surface area contributed by atoms with Crippen molar-refractivity contribution in [1.82, 2.24) is 14.5 Å². The van der Waals surface area contributed by atoms with Crippen molar-refractivity contribution < 1.29 is 0 Å². The fourth-order valence-electron chi connectivity index (χ4n) is 2.73. The van der Waals surface area contributed by atoms with Gasteiger partial charge in [0, 0.05) is 12.7 Å². The topological polar surface area (TPSA) is 99.8 Å². The maximum Gasteiger partial charge on any atom is 0.263 e. The van der Waals surface area contributed by atoms with E-state index in [1.54, 1.807) is 11.6 Å². The number of anilines is 2. The SMILES string of the molecule is Cn1c2c(c3nc(N)nc(N)c3c1=O)CCCC2. The summed E-state index contributed by atoms with van der Waals surface area (Å²) in [4.78, 5) is 20.4. The molecule has 3 rings (SSSR count). The zero-order chi connectivity index (χ0) is 12.9. The molecule has 0 amide bonds. The van der Waals surface area contributed by atoms with Crippen molar-refractivity contribution in [3.63, 3.8) is 0 Å². The molecule has 0 spiro atoms. The highest BCUT2D eigenvalue weighted by Crippen LogP contribution is 2.27. The Hall–Kier alpha value is -2.11. The van der Waals surface area contributed by atoms with Crippen molar-refractivity contribution in [2.45, 2.75) is 25.7 Å². The fourth-order valence-corrected chi connectivity index (χ4v) is 2.73.